The fourth-order valence-electron chi connectivity index (χ4n) is 1.56. The van der Waals surface area contributed by atoms with Crippen molar-refractivity contribution in [2.75, 3.05) is 13.1 Å². The van der Waals surface area contributed by atoms with Crippen molar-refractivity contribution in [2.45, 2.75) is 20.3 Å². The minimum absolute atomic E-state index is 0.0104. The van der Waals surface area contributed by atoms with Gasteiger partial charge >= 0.3 is 0 Å². The van der Waals surface area contributed by atoms with Crippen LogP contribution in [0.4, 0.5) is 0 Å². The molecule has 1 aromatic rings. The Kier molecular flexibility index (Phi) is 6.82. The second-order valence-corrected chi connectivity index (χ2v) is 5.65. The van der Waals surface area contributed by atoms with Gasteiger partial charge in [0.25, 0.3) is 5.91 Å². The first-order valence-electron chi connectivity index (χ1n) is 6.40. The zero-order valence-corrected chi connectivity index (χ0v) is 13.0. The van der Waals surface area contributed by atoms with Crippen LogP contribution in [0.3, 0.4) is 0 Å². The molecule has 0 radical (unpaired) electrons. The molecule has 2 amide bonds. The maximum Gasteiger partial charge on any atom is 0.251 e. The summed E-state index contributed by atoms with van der Waals surface area (Å²) in [5.74, 6) is 0.0614. The van der Waals surface area contributed by atoms with E-state index in [1.54, 1.807) is 12.1 Å². The summed E-state index contributed by atoms with van der Waals surface area (Å²) in [6.07, 6.45) is 0.487. The quantitative estimate of drug-likeness (QED) is 0.793. The van der Waals surface area contributed by atoms with E-state index in [0.717, 1.165) is 0 Å². The van der Waals surface area contributed by atoms with Gasteiger partial charge in [-0.15, -0.1) is 0 Å². The van der Waals surface area contributed by atoms with Crippen molar-refractivity contribution in [2.24, 2.45) is 5.92 Å². The molecule has 0 aliphatic heterocycles. The first-order valence-corrected chi connectivity index (χ1v) is 7.15. The summed E-state index contributed by atoms with van der Waals surface area (Å²) in [5.41, 5.74) is 0.438. The number of nitrogens with one attached hydrogen (secondary N) is 2. The summed E-state index contributed by atoms with van der Waals surface area (Å²) in [6.45, 7) is 4.72. The van der Waals surface area contributed by atoms with Crippen LogP contribution in [-0.2, 0) is 4.79 Å². The Labute approximate surface area is 128 Å². The highest BCUT2D eigenvalue weighted by molar-refractivity contribution is 6.42. The molecule has 6 heteroatoms. The van der Waals surface area contributed by atoms with Crippen molar-refractivity contribution in [1.82, 2.24) is 10.6 Å². The van der Waals surface area contributed by atoms with Gasteiger partial charge in [0.2, 0.25) is 5.91 Å². The summed E-state index contributed by atoms with van der Waals surface area (Å²) in [6, 6.07) is 4.68. The molecule has 20 heavy (non-hydrogen) atoms. The average Bonchev–Trinajstić information content (AvgIpc) is 2.36. The van der Waals surface area contributed by atoms with Gasteiger partial charge in [0.15, 0.2) is 0 Å². The number of carbonyl (C=O) groups excluding carboxylic acids is 2. The van der Waals surface area contributed by atoms with Crippen molar-refractivity contribution < 1.29 is 9.59 Å². The summed E-state index contributed by atoms with van der Waals surface area (Å²) in [4.78, 5) is 23.2. The first kappa shape index (κ1) is 16.8. The fraction of sp³-hybridized carbons (Fsp3) is 0.429. The van der Waals surface area contributed by atoms with Crippen molar-refractivity contribution in [3.05, 3.63) is 33.8 Å². The Hall–Kier alpha value is -1.26. The van der Waals surface area contributed by atoms with Crippen molar-refractivity contribution >= 4 is 35.0 Å². The molecule has 0 saturated carbocycles. The predicted octanol–water partition coefficient (Wildman–Crippen LogP) is 2.89. The van der Waals surface area contributed by atoms with E-state index in [2.05, 4.69) is 10.6 Å². The zero-order chi connectivity index (χ0) is 15.1. The molecule has 1 aromatic carbocycles. The molecule has 0 heterocycles. The van der Waals surface area contributed by atoms with Crippen LogP contribution in [0, 0.1) is 5.92 Å². The molecule has 0 spiro atoms. The number of halogens is 2. The molecule has 0 aromatic heterocycles. The van der Waals surface area contributed by atoms with Crippen LogP contribution in [0.1, 0.15) is 30.6 Å². The Morgan fingerprint density at radius 3 is 2.35 bits per heavy atom. The van der Waals surface area contributed by atoms with Gasteiger partial charge in [-0.3, -0.25) is 9.59 Å². The SMILES string of the molecule is CC(C)CC(=O)NCCNC(=O)c1ccc(Cl)c(Cl)c1. The lowest BCUT2D eigenvalue weighted by Crippen LogP contribution is -2.35. The molecule has 0 bridgehead atoms. The minimum atomic E-state index is -0.248. The number of amides is 2. The predicted molar refractivity (Wildman–Crippen MR) is 81.3 cm³/mol. The van der Waals surface area contributed by atoms with E-state index in [9.17, 15) is 9.59 Å². The number of hydrogen-bond acceptors (Lipinski definition) is 2. The highest BCUT2D eigenvalue weighted by atomic mass is 35.5. The van der Waals surface area contributed by atoms with Gasteiger partial charge in [0.1, 0.15) is 0 Å². The third-order valence-electron chi connectivity index (χ3n) is 2.51. The lowest BCUT2D eigenvalue weighted by Gasteiger charge is -2.08. The topological polar surface area (TPSA) is 58.2 Å². The Balaban J connectivity index is 2.33. The van der Waals surface area contributed by atoms with E-state index in [-0.39, 0.29) is 11.8 Å². The van der Waals surface area contributed by atoms with Crippen molar-refractivity contribution in [3.8, 4) is 0 Å². The fourth-order valence-corrected chi connectivity index (χ4v) is 1.86. The second kappa shape index (κ2) is 8.12. The van der Waals surface area contributed by atoms with E-state index in [4.69, 9.17) is 23.2 Å². The Bertz CT molecular complexity index is 490. The van der Waals surface area contributed by atoms with Gasteiger partial charge in [-0.1, -0.05) is 37.0 Å². The first-order chi connectivity index (χ1) is 9.40. The number of benzene rings is 1. The Morgan fingerprint density at radius 1 is 1.10 bits per heavy atom. The van der Waals surface area contributed by atoms with E-state index in [0.29, 0.717) is 41.0 Å². The van der Waals surface area contributed by atoms with Crippen LogP contribution >= 0.6 is 23.2 Å². The molecule has 1 rings (SSSR count). The van der Waals surface area contributed by atoms with Crippen LogP contribution in [-0.4, -0.2) is 24.9 Å². The Morgan fingerprint density at radius 2 is 1.75 bits per heavy atom. The van der Waals surface area contributed by atoms with Crippen LogP contribution in [0.15, 0.2) is 18.2 Å². The van der Waals surface area contributed by atoms with Gasteiger partial charge in [-0.25, -0.2) is 0 Å². The number of hydrogen-bond donors (Lipinski definition) is 2. The largest absolute Gasteiger partial charge is 0.354 e. The standard InChI is InChI=1S/C14H18Cl2N2O2/c1-9(2)7-13(19)17-5-6-18-14(20)10-3-4-11(15)12(16)8-10/h3-4,8-9H,5-7H2,1-2H3,(H,17,19)(H,18,20). The molecule has 0 aliphatic rings. The van der Waals surface area contributed by atoms with E-state index < -0.39 is 0 Å². The summed E-state index contributed by atoms with van der Waals surface area (Å²) in [7, 11) is 0. The lowest BCUT2D eigenvalue weighted by atomic mass is 10.1. The average molecular weight is 317 g/mol. The molecule has 0 fully saturated rings. The summed E-state index contributed by atoms with van der Waals surface area (Å²) in [5, 5.41) is 6.18. The van der Waals surface area contributed by atoms with Gasteiger partial charge in [-0.2, -0.15) is 0 Å². The highest BCUT2D eigenvalue weighted by Gasteiger charge is 2.08. The van der Waals surface area contributed by atoms with Crippen LogP contribution in [0.5, 0.6) is 0 Å². The maximum absolute atomic E-state index is 11.8. The molecule has 110 valence electrons. The van der Waals surface area contributed by atoms with E-state index in [1.165, 1.54) is 6.07 Å². The van der Waals surface area contributed by atoms with Gasteiger partial charge in [0.05, 0.1) is 10.0 Å². The third-order valence-corrected chi connectivity index (χ3v) is 3.25. The number of rotatable bonds is 6. The monoisotopic (exact) mass is 316 g/mol. The smallest absolute Gasteiger partial charge is 0.251 e. The van der Waals surface area contributed by atoms with Gasteiger partial charge < -0.3 is 10.6 Å². The number of carbonyl (C=O) groups is 2. The molecule has 0 unspecified atom stereocenters. The van der Waals surface area contributed by atoms with Gasteiger partial charge in [0, 0.05) is 25.1 Å². The molecular weight excluding hydrogens is 299 g/mol. The van der Waals surface area contributed by atoms with Gasteiger partial charge in [-0.05, 0) is 24.1 Å². The normalized spacial score (nSPS) is 10.4. The molecule has 4 nitrogen and oxygen atoms in total. The van der Waals surface area contributed by atoms with Crippen LogP contribution in [0.25, 0.3) is 0 Å². The third kappa shape index (κ3) is 5.80. The van der Waals surface area contributed by atoms with Crippen LogP contribution in [0.2, 0.25) is 10.0 Å². The summed E-state index contributed by atoms with van der Waals surface area (Å²) < 4.78 is 0. The molecule has 0 saturated heterocycles. The molecule has 0 atom stereocenters. The summed E-state index contributed by atoms with van der Waals surface area (Å²) >= 11 is 11.6. The molecule has 0 aliphatic carbocycles. The lowest BCUT2D eigenvalue weighted by molar-refractivity contribution is -0.121. The molecule has 2 N–H and O–H groups in total. The van der Waals surface area contributed by atoms with E-state index in [1.807, 2.05) is 13.8 Å². The molecular formula is C14H18Cl2N2O2. The minimum Gasteiger partial charge on any atom is -0.354 e. The van der Waals surface area contributed by atoms with E-state index >= 15 is 0 Å². The van der Waals surface area contributed by atoms with Crippen LogP contribution < -0.4 is 10.6 Å². The zero-order valence-electron chi connectivity index (χ0n) is 11.5. The van der Waals surface area contributed by atoms with Crippen molar-refractivity contribution in [3.63, 3.8) is 0 Å². The maximum atomic E-state index is 11.8. The second-order valence-electron chi connectivity index (χ2n) is 4.83. The van der Waals surface area contributed by atoms with Crippen molar-refractivity contribution in [1.29, 1.82) is 0 Å². The highest BCUT2D eigenvalue weighted by Crippen LogP contribution is 2.22.